The molecule has 0 unspecified atom stereocenters. The summed E-state index contributed by atoms with van der Waals surface area (Å²) < 4.78 is 24.3. The minimum atomic E-state index is -0.821. The van der Waals surface area contributed by atoms with Crippen molar-refractivity contribution in [1.29, 1.82) is 0 Å². The Hall–Kier alpha value is -2.53. The zero-order chi connectivity index (χ0) is 16.4. The van der Waals surface area contributed by atoms with E-state index in [4.69, 9.17) is 5.11 Å². The van der Waals surface area contributed by atoms with Crippen LogP contribution in [0.15, 0.2) is 36.6 Å². The molecule has 11 heteroatoms. The molecule has 1 aromatic carbocycles. The molecule has 3 aromatic rings. The van der Waals surface area contributed by atoms with Gasteiger partial charge in [0.05, 0.1) is 16.8 Å². The Morgan fingerprint density at radius 2 is 2.17 bits per heavy atom. The van der Waals surface area contributed by atoms with Crippen molar-refractivity contribution in [1.82, 2.24) is 20.0 Å². The van der Waals surface area contributed by atoms with Gasteiger partial charge in [0, 0.05) is 6.54 Å². The zero-order valence-corrected chi connectivity index (χ0v) is 12.9. The summed E-state index contributed by atoms with van der Waals surface area (Å²) in [7, 11) is 0. The van der Waals surface area contributed by atoms with Gasteiger partial charge in [0.15, 0.2) is 5.69 Å². The largest absolute Gasteiger partial charge is 0.446 e. The molecule has 120 valence electrons. The van der Waals surface area contributed by atoms with E-state index in [-0.39, 0.29) is 40.6 Å². The Balaban J connectivity index is 2.11. The first-order valence-electron chi connectivity index (χ1n) is 6.33. The number of aliphatic hydroxyl groups is 1. The predicted molar refractivity (Wildman–Crippen MR) is 78.6 cm³/mol. The van der Waals surface area contributed by atoms with Crippen molar-refractivity contribution < 1.29 is 18.6 Å². The van der Waals surface area contributed by atoms with Crippen LogP contribution in [0, 0.1) is 5.82 Å². The molecule has 0 radical (unpaired) electrons. The third-order valence-electron chi connectivity index (χ3n) is 2.87. The summed E-state index contributed by atoms with van der Waals surface area (Å²) in [5.41, 5.74) is 0.288. The lowest BCUT2D eigenvalue weighted by molar-refractivity contribution is 0.304. The molecule has 3 rings (SSSR count). The van der Waals surface area contributed by atoms with Gasteiger partial charge in [0.1, 0.15) is 5.82 Å². The Bertz CT molecular complexity index is 890. The van der Waals surface area contributed by atoms with Gasteiger partial charge in [-0.25, -0.2) is 18.4 Å². The summed E-state index contributed by atoms with van der Waals surface area (Å²) in [4.78, 5) is 11.9. The van der Waals surface area contributed by atoms with Gasteiger partial charge in [0.25, 0.3) is 0 Å². The van der Waals surface area contributed by atoms with Crippen LogP contribution in [0.5, 0.6) is 0 Å². The summed E-state index contributed by atoms with van der Waals surface area (Å²) >= 11 is 3.04. The second-order valence-corrected chi connectivity index (χ2v) is 5.17. The smallest absolute Gasteiger partial charge is 0.395 e. The normalized spacial score (nSPS) is 10.9. The van der Waals surface area contributed by atoms with Crippen LogP contribution in [0.4, 0.5) is 10.2 Å². The van der Waals surface area contributed by atoms with Crippen LogP contribution in [-0.4, -0.2) is 38.3 Å². The molecular formula is C12H9BrFN5O4. The average Bonchev–Trinajstić information content (AvgIpc) is 3.14. The topological polar surface area (TPSA) is 119 Å². The zero-order valence-electron chi connectivity index (χ0n) is 11.4. The molecule has 0 fully saturated rings. The van der Waals surface area contributed by atoms with Gasteiger partial charge in [-0.05, 0) is 44.4 Å². The first kappa shape index (κ1) is 15.4. The van der Waals surface area contributed by atoms with Gasteiger partial charge in [0.2, 0.25) is 11.6 Å². The fraction of sp³-hybridized carbons (Fsp3) is 0.167. The van der Waals surface area contributed by atoms with E-state index in [1.165, 1.54) is 12.1 Å². The minimum absolute atomic E-state index is 0.0154. The fourth-order valence-electron chi connectivity index (χ4n) is 1.88. The van der Waals surface area contributed by atoms with Crippen LogP contribution in [0.25, 0.3) is 17.2 Å². The lowest BCUT2D eigenvalue weighted by Crippen LogP contribution is -2.14. The second kappa shape index (κ2) is 6.30. The molecule has 0 aliphatic heterocycles. The number of rotatable bonds is 5. The first-order valence-corrected chi connectivity index (χ1v) is 7.13. The highest BCUT2D eigenvalue weighted by atomic mass is 79.9. The molecule has 0 atom stereocenters. The second-order valence-electron chi connectivity index (χ2n) is 4.32. The summed E-state index contributed by atoms with van der Waals surface area (Å²) in [6.07, 6.45) is 0. The molecule has 0 spiro atoms. The van der Waals surface area contributed by atoms with Crippen molar-refractivity contribution in [2.24, 2.45) is 0 Å². The number of halogens is 2. The van der Waals surface area contributed by atoms with Gasteiger partial charge in [-0.3, -0.25) is 4.52 Å². The number of aliphatic hydroxyl groups excluding tert-OH is 1. The number of benzene rings is 1. The standard InChI is InChI=1S/C12H9BrFN5O4/c13-7-2-1-6(5-8(7)14)19-11(18-22-12(19)21)9-10(15-3-4-20)17-23-16-9/h1-2,5,20H,3-4H2,(H,15,17). The van der Waals surface area contributed by atoms with Crippen LogP contribution >= 0.6 is 15.9 Å². The van der Waals surface area contributed by atoms with Gasteiger partial charge in [-0.2, -0.15) is 0 Å². The summed E-state index contributed by atoms with van der Waals surface area (Å²) in [5, 5.41) is 22.5. The van der Waals surface area contributed by atoms with E-state index in [9.17, 15) is 9.18 Å². The Morgan fingerprint density at radius 3 is 2.91 bits per heavy atom. The van der Waals surface area contributed by atoms with Crippen molar-refractivity contribution in [3.8, 4) is 17.2 Å². The highest BCUT2D eigenvalue weighted by Gasteiger charge is 2.22. The maximum absolute atomic E-state index is 13.7. The maximum Gasteiger partial charge on any atom is 0.446 e. The number of anilines is 1. The predicted octanol–water partition coefficient (Wildman–Crippen LogP) is 1.18. The highest BCUT2D eigenvalue weighted by molar-refractivity contribution is 9.10. The SMILES string of the molecule is O=c1onc(-c2nonc2NCCO)n1-c1ccc(Br)c(F)c1. The van der Waals surface area contributed by atoms with Crippen molar-refractivity contribution >= 4 is 21.7 Å². The molecule has 0 bridgehead atoms. The molecule has 9 nitrogen and oxygen atoms in total. The summed E-state index contributed by atoms with van der Waals surface area (Å²) in [5.74, 6) is -1.23. The van der Waals surface area contributed by atoms with Crippen LogP contribution in [0.3, 0.4) is 0 Å². The third-order valence-corrected chi connectivity index (χ3v) is 3.51. The van der Waals surface area contributed by atoms with Crippen molar-refractivity contribution in [3.05, 3.63) is 39.0 Å². The molecule has 0 aliphatic rings. The quantitative estimate of drug-likeness (QED) is 0.671. The molecule has 0 saturated carbocycles. The number of hydrogen-bond donors (Lipinski definition) is 2. The van der Waals surface area contributed by atoms with E-state index in [0.717, 1.165) is 10.6 Å². The van der Waals surface area contributed by atoms with E-state index in [1.54, 1.807) is 0 Å². The summed E-state index contributed by atoms with van der Waals surface area (Å²) in [6, 6.07) is 4.09. The summed E-state index contributed by atoms with van der Waals surface area (Å²) in [6.45, 7) is 0.0477. The number of nitrogens with zero attached hydrogens (tertiary/aromatic N) is 4. The number of aromatic nitrogens is 4. The highest BCUT2D eigenvalue weighted by Crippen LogP contribution is 2.25. The van der Waals surface area contributed by atoms with Crippen molar-refractivity contribution in [2.45, 2.75) is 0 Å². The Labute approximate surface area is 135 Å². The van der Waals surface area contributed by atoms with Gasteiger partial charge in [-0.1, -0.05) is 5.16 Å². The fourth-order valence-corrected chi connectivity index (χ4v) is 2.12. The molecule has 2 aromatic heterocycles. The number of hydrogen-bond acceptors (Lipinski definition) is 8. The third kappa shape index (κ3) is 2.87. The number of nitrogens with one attached hydrogen (secondary N) is 1. The van der Waals surface area contributed by atoms with Gasteiger partial charge < -0.3 is 10.4 Å². The van der Waals surface area contributed by atoms with E-state index in [1.807, 2.05) is 0 Å². The van der Waals surface area contributed by atoms with E-state index in [0.29, 0.717) is 0 Å². The van der Waals surface area contributed by atoms with Crippen LogP contribution in [0.1, 0.15) is 0 Å². The average molecular weight is 386 g/mol. The van der Waals surface area contributed by atoms with E-state index < -0.39 is 11.6 Å². The molecule has 0 amide bonds. The van der Waals surface area contributed by atoms with Crippen molar-refractivity contribution in [2.75, 3.05) is 18.5 Å². The van der Waals surface area contributed by atoms with Crippen LogP contribution < -0.4 is 11.1 Å². The van der Waals surface area contributed by atoms with Gasteiger partial charge >= 0.3 is 5.76 Å². The lowest BCUT2D eigenvalue weighted by atomic mass is 10.3. The molecule has 2 heterocycles. The monoisotopic (exact) mass is 385 g/mol. The minimum Gasteiger partial charge on any atom is -0.395 e. The molecule has 23 heavy (non-hydrogen) atoms. The maximum atomic E-state index is 13.7. The van der Waals surface area contributed by atoms with E-state index in [2.05, 4.69) is 45.9 Å². The van der Waals surface area contributed by atoms with Crippen molar-refractivity contribution in [3.63, 3.8) is 0 Å². The molecule has 0 aliphatic carbocycles. The lowest BCUT2D eigenvalue weighted by Gasteiger charge is -2.05. The Morgan fingerprint density at radius 1 is 1.35 bits per heavy atom. The van der Waals surface area contributed by atoms with Crippen LogP contribution in [0.2, 0.25) is 0 Å². The molecule has 2 N–H and O–H groups in total. The Kier molecular flexibility index (Phi) is 4.21. The molecule has 0 saturated heterocycles. The first-order chi connectivity index (χ1) is 11.1. The van der Waals surface area contributed by atoms with Gasteiger partial charge in [-0.15, -0.1) is 0 Å². The van der Waals surface area contributed by atoms with E-state index >= 15 is 0 Å². The van der Waals surface area contributed by atoms with Crippen LogP contribution in [-0.2, 0) is 0 Å². The molecular weight excluding hydrogens is 377 g/mol.